The van der Waals surface area contributed by atoms with Crippen LogP contribution in [0.15, 0.2) is 17.0 Å². The number of nitrogens with two attached hydrogens (primary N) is 1. The van der Waals surface area contributed by atoms with Crippen LogP contribution in [0, 0.1) is 5.41 Å². The maximum absolute atomic E-state index is 12.5. The Hall–Kier alpha value is -0.490. The van der Waals surface area contributed by atoms with Crippen molar-refractivity contribution in [3.05, 3.63) is 22.2 Å². The summed E-state index contributed by atoms with van der Waals surface area (Å²) in [6.07, 6.45) is 3.74. The maximum Gasteiger partial charge on any atom is 0.244 e. The molecule has 1 aliphatic rings. The Labute approximate surface area is 136 Å². The fourth-order valence-electron chi connectivity index (χ4n) is 2.94. The van der Waals surface area contributed by atoms with E-state index in [0.29, 0.717) is 5.02 Å². The van der Waals surface area contributed by atoms with E-state index in [9.17, 15) is 8.42 Å². The van der Waals surface area contributed by atoms with Gasteiger partial charge in [0.15, 0.2) is 0 Å². The molecule has 1 saturated carbocycles. The van der Waals surface area contributed by atoms with Gasteiger partial charge in [-0.1, -0.05) is 43.5 Å². The van der Waals surface area contributed by atoms with Gasteiger partial charge in [-0.25, -0.2) is 13.1 Å². The monoisotopic (exact) mass is 350 g/mol. The Kier molecular flexibility index (Phi) is 4.78. The van der Waals surface area contributed by atoms with Crippen LogP contribution in [0.3, 0.4) is 0 Å². The molecule has 0 amide bonds. The van der Waals surface area contributed by atoms with Crippen LogP contribution in [-0.4, -0.2) is 14.5 Å². The normalized spacial score (nSPS) is 22.2. The average molecular weight is 351 g/mol. The van der Waals surface area contributed by atoms with E-state index in [-0.39, 0.29) is 27.1 Å². The van der Waals surface area contributed by atoms with Crippen molar-refractivity contribution >= 4 is 38.9 Å². The van der Waals surface area contributed by atoms with Crippen LogP contribution in [-0.2, 0) is 10.0 Å². The third-order valence-corrected chi connectivity index (χ3v) is 6.10. The molecule has 2 rings (SSSR count). The lowest BCUT2D eigenvalue weighted by Gasteiger charge is -2.35. The molecule has 0 spiro atoms. The second-order valence-corrected chi connectivity index (χ2v) is 8.88. The predicted octanol–water partition coefficient (Wildman–Crippen LogP) is 3.82. The van der Waals surface area contributed by atoms with Crippen LogP contribution in [0.1, 0.15) is 39.5 Å². The number of nitrogen functional groups attached to an aromatic ring is 1. The average Bonchev–Trinajstić information content (AvgIpc) is 2.23. The third-order valence-electron chi connectivity index (χ3n) is 3.83. The Morgan fingerprint density at radius 1 is 1.33 bits per heavy atom. The summed E-state index contributed by atoms with van der Waals surface area (Å²) in [5, 5.41) is 0.359. The van der Waals surface area contributed by atoms with Crippen LogP contribution in [0.4, 0.5) is 5.69 Å². The molecule has 118 valence electrons. The zero-order valence-electron chi connectivity index (χ0n) is 12.1. The van der Waals surface area contributed by atoms with E-state index >= 15 is 0 Å². The number of hydrogen-bond donors (Lipinski definition) is 2. The van der Waals surface area contributed by atoms with Crippen molar-refractivity contribution in [2.24, 2.45) is 5.41 Å². The van der Waals surface area contributed by atoms with E-state index in [1.54, 1.807) is 0 Å². The molecule has 0 radical (unpaired) electrons. The first-order valence-corrected chi connectivity index (χ1v) is 9.11. The molecule has 1 aliphatic carbocycles. The second kappa shape index (κ2) is 5.95. The Morgan fingerprint density at radius 3 is 2.57 bits per heavy atom. The molecule has 4 nitrogen and oxygen atoms in total. The van der Waals surface area contributed by atoms with Crippen molar-refractivity contribution in [3.63, 3.8) is 0 Å². The van der Waals surface area contributed by atoms with Gasteiger partial charge in [-0.15, -0.1) is 0 Å². The highest BCUT2D eigenvalue weighted by atomic mass is 35.5. The lowest BCUT2D eigenvalue weighted by Crippen LogP contribution is -2.40. The van der Waals surface area contributed by atoms with Gasteiger partial charge >= 0.3 is 0 Å². The maximum atomic E-state index is 12.5. The lowest BCUT2D eigenvalue weighted by molar-refractivity contribution is 0.212. The highest BCUT2D eigenvalue weighted by Gasteiger charge is 2.32. The molecule has 1 unspecified atom stereocenters. The van der Waals surface area contributed by atoms with Crippen LogP contribution in [0.2, 0.25) is 10.0 Å². The van der Waals surface area contributed by atoms with Crippen LogP contribution >= 0.6 is 23.2 Å². The van der Waals surface area contributed by atoms with Gasteiger partial charge in [0.1, 0.15) is 4.90 Å². The van der Waals surface area contributed by atoms with E-state index in [4.69, 9.17) is 28.9 Å². The number of halogens is 2. The first-order chi connectivity index (χ1) is 9.61. The number of hydrogen-bond acceptors (Lipinski definition) is 3. The minimum atomic E-state index is -3.75. The molecule has 0 heterocycles. The molecule has 0 aromatic heterocycles. The van der Waals surface area contributed by atoms with Gasteiger partial charge in [0.2, 0.25) is 10.0 Å². The zero-order chi connectivity index (χ0) is 15.8. The molecule has 0 bridgehead atoms. The fraction of sp³-hybridized carbons (Fsp3) is 0.571. The number of nitrogens with one attached hydrogen (secondary N) is 1. The van der Waals surface area contributed by atoms with E-state index in [2.05, 4.69) is 18.6 Å². The number of anilines is 1. The summed E-state index contributed by atoms with van der Waals surface area (Å²) in [6, 6.07) is 2.69. The van der Waals surface area contributed by atoms with Crippen molar-refractivity contribution in [2.75, 3.05) is 5.73 Å². The summed E-state index contributed by atoms with van der Waals surface area (Å²) in [6.45, 7) is 4.30. The van der Waals surface area contributed by atoms with Gasteiger partial charge in [-0.05, 0) is 36.8 Å². The van der Waals surface area contributed by atoms with Gasteiger partial charge < -0.3 is 5.73 Å². The van der Waals surface area contributed by atoms with Crippen LogP contribution in [0.25, 0.3) is 0 Å². The molecule has 0 saturated heterocycles. The van der Waals surface area contributed by atoms with Gasteiger partial charge in [-0.3, -0.25) is 0 Å². The number of benzene rings is 1. The largest absolute Gasteiger partial charge is 0.398 e. The van der Waals surface area contributed by atoms with Gasteiger partial charge in [0.05, 0.1) is 10.7 Å². The minimum absolute atomic E-state index is 0.0440. The summed E-state index contributed by atoms with van der Waals surface area (Å²) >= 11 is 11.8. The number of sulfonamides is 1. The molecular weight excluding hydrogens is 331 g/mol. The molecule has 21 heavy (non-hydrogen) atoms. The van der Waals surface area contributed by atoms with Gasteiger partial charge in [0, 0.05) is 11.1 Å². The highest BCUT2D eigenvalue weighted by Crippen LogP contribution is 2.37. The van der Waals surface area contributed by atoms with E-state index < -0.39 is 10.0 Å². The summed E-state index contributed by atoms with van der Waals surface area (Å²) in [5.41, 5.74) is 5.98. The predicted molar refractivity (Wildman–Crippen MR) is 87.2 cm³/mol. The van der Waals surface area contributed by atoms with Crippen molar-refractivity contribution < 1.29 is 8.42 Å². The Balaban J connectivity index is 2.27. The molecule has 7 heteroatoms. The molecule has 1 aromatic carbocycles. The highest BCUT2D eigenvalue weighted by molar-refractivity contribution is 7.89. The lowest BCUT2D eigenvalue weighted by atomic mass is 9.75. The molecular formula is C14H20Cl2N2O2S. The van der Waals surface area contributed by atoms with E-state index in [1.807, 2.05) is 0 Å². The van der Waals surface area contributed by atoms with Crippen LogP contribution < -0.4 is 10.5 Å². The van der Waals surface area contributed by atoms with Crippen molar-refractivity contribution in [1.82, 2.24) is 4.72 Å². The molecule has 1 aromatic rings. The van der Waals surface area contributed by atoms with Crippen molar-refractivity contribution in [2.45, 2.75) is 50.5 Å². The quantitative estimate of drug-likeness (QED) is 0.813. The summed E-state index contributed by atoms with van der Waals surface area (Å²) < 4.78 is 27.8. The van der Waals surface area contributed by atoms with Gasteiger partial charge in [0.25, 0.3) is 0 Å². The summed E-state index contributed by atoms with van der Waals surface area (Å²) in [5.74, 6) is 0. The zero-order valence-corrected chi connectivity index (χ0v) is 14.4. The van der Waals surface area contributed by atoms with Crippen LogP contribution in [0.5, 0.6) is 0 Å². The summed E-state index contributed by atoms with van der Waals surface area (Å²) in [4.78, 5) is -0.0862. The molecule has 3 N–H and O–H groups in total. The standard InChI is InChI=1S/C14H20Cl2N2O2S/c1-14(2)5-3-4-10(8-14)18-21(19,20)13-11(16)6-9(15)7-12(13)17/h6-7,10,18H,3-5,8,17H2,1-2H3. The van der Waals surface area contributed by atoms with Crippen molar-refractivity contribution in [3.8, 4) is 0 Å². The first kappa shape index (κ1) is 16.9. The fourth-order valence-corrected chi connectivity index (χ4v) is 5.20. The minimum Gasteiger partial charge on any atom is -0.398 e. The van der Waals surface area contributed by atoms with E-state index in [0.717, 1.165) is 25.7 Å². The SMILES string of the molecule is CC1(C)CCCC(NS(=O)(=O)c2c(N)cc(Cl)cc2Cl)C1. The Bertz CT molecular complexity index is 621. The first-order valence-electron chi connectivity index (χ1n) is 6.88. The molecule has 0 aliphatic heterocycles. The third kappa shape index (κ3) is 4.03. The molecule has 1 atom stereocenters. The Morgan fingerprint density at radius 2 is 2.00 bits per heavy atom. The smallest absolute Gasteiger partial charge is 0.244 e. The van der Waals surface area contributed by atoms with E-state index in [1.165, 1.54) is 12.1 Å². The number of rotatable bonds is 3. The summed E-state index contributed by atoms with van der Waals surface area (Å²) in [7, 11) is -3.75. The van der Waals surface area contributed by atoms with Gasteiger partial charge in [-0.2, -0.15) is 0 Å². The van der Waals surface area contributed by atoms with Crippen molar-refractivity contribution in [1.29, 1.82) is 0 Å². The topological polar surface area (TPSA) is 72.2 Å². The second-order valence-electron chi connectivity index (χ2n) is 6.38. The molecule has 1 fully saturated rings.